The Morgan fingerprint density at radius 1 is 1.62 bits per heavy atom. The maximum atomic E-state index is 5.82. The number of hydrogen-bond donors (Lipinski definition) is 2. The van der Waals surface area contributed by atoms with Crippen LogP contribution in [0.25, 0.3) is 0 Å². The van der Waals surface area contributed by atoms with E-state index in [1.54, 1.807) is 7.05 Å². The normalized spacial score (nSPS) is 11.5. The summed E-state index contributed by atoms with van der Waals surface area (Å²) in [5.41, 5.74) is 3.62. The second-order valence-corrected chi connectivity index (χ2v) is 3.06. The predicted molar refractivity (Wildman–Crippen MR) is 55.8 cm³/mol. The minimum atomic E-state index is 0.674. The first-order valence-corrected chi connectivity index (χ1v) is 4.30. The molecule has 0 atom stereocenters. The molecule has 1 aromatic rings. The molecular weight excluding hydrogens is 186 g/mol. The summed E-state index contributed by atoms with van der Waals surface area (Å²) in [6, 6.07) is 7.61. The minimum Gasteiger partial charge on any atom is -0.312 e. The Kier molecular flexibility index (Phi) is 3.73. The molecule has 0 spiro atoms. The Labute approximate surface area is 82.6 Å². The zero-order valence-electron chi connectivity index (χ0n) is 7.42. The molecule has 0 unspecified atom stereocenters. The van der Waals surface area contributed by atoms with E-state index in [1.165, 1.54) is 0 Å². The summed E-state index contributed by atoms with van der Waals surface area (Å²) in [7, 11) is 1.69. The highest BCUT2D eigenvalue weighted by atomic mass is 35.5. The molecule has 0 fully saturated rings. The quantitative estimate of drug-likeness (QED) is 0.326. The molecule has 0 aliphatic carbocycles. The largest absolute Gasteiger partial charge is 0.312 e. The van der Waals surface area contributed by atoms with Gasteiger partial charge in [-0.05, 0) is 17.7 Å². The van der Waals surface area contributed by atoms with Gasteiger partial charge in [-0.3, -0.25) is 4.99 Å². The molecule has 0 heterocycles. The lowest BCUT2D eigenvalue weighted by atomic mass is 10.1. The highest BCUT2D eigenvalue weighted by Gasteiger charge is 1.98. The lowest BCUT2D eigenvalue weighted by molar-refractivity contribution is 0.981. The average molecular weight is 198 g/mol. The van der Waals surface area contributed by atoms with Gasteiger partial charge in [-0.15, -0.1) is 0 Å². The van der Waals surface area contributed by atoms with Crippen LogP contribution in [0, 0.1) is 0 Å². The Balaban J connectivity index is 2.74. The molecule has 1 aromatic carbocycles. The van der Waals surface area contributed by atoms with Gasteiger partial charge in [-0.2, -0.15) is 0 Å². The molecule has 0 aromatic heterocycles. The predicted octanol–water partition coefficient (Wildman–Crippen LogP) is 1.37. The number of aliphatic imine (C=N–C) groups is 1. The Bertz CT molecular complexity index is 309. The van der Waals surface area contributed by atoms with Crippen LogP contribution in [-0.2, 0) is 6.42 Å². The van der Waals surface area contributed by atoms with Crippen molar-refractivity contribution in [3.63, 3.8) is 0 Å². The number of nitrogens with one attached hydrogen (secondary N) is 1. The second-order valence-electron chi connectivity index (χ2n) is 2.62. The van der Waals surface area contributed by atoms with Crippen molar-refractivity contribution in [2.24, 2.45) is 10.8 Å². The van der Waals surface area contributed by atoms with Gasteiger partial charge in [0.2, 0.25) is 0 Å². The Hall–Kier alpha value is -1.06. The van der Waals surface area contributed by atoms with Crippen LogP contribution in [0.2, 0.25) is 5.02 Å². The van der Waals surface area contributed by atoms with E-state index in [1.807, 2.05) is 24.3 Å². The van der Waals surface area contributed by atoms with E-state index >= 15 is 0 Å². The van der Waals surface area contributed by atoms with Crippen molar-refractivity contribution in [2.75, 3.05) is 7.05 Å². The van der Waals surface area contributed by atoms with E-state index < -0.39 is 0 Å². The van der Waals surface area contributed by atoms with Crippen LogP contribution >= 0.6 is 11.6 Å². The molecule has 0 saturated carbocycles. The van der Waals surface area contributed by atoms with Crippen molar-refractivity contribution < 1.29 is 0 Å². The van der Waals surface area contributed by atoms with Gasteiger partial charge >= 0.3 is 0 Å². The van der Waals surface area contributed by atoms with Crippen LogP contribution in [0.1, 0.15) is 5.56 Å². The third-order valence-corrected chi connectivity index (χ3v) is 1.93. The van der Waals surface area contributed by atoms with E-state index in [9.17, 15) is 0 Å². The third-order valence-electron chi connectivity index (χ3n) is 1.70. The lowest BCUT2D eigenvalue weighted by Crippen LogP contribution is -2.31. The highest BCUT2D eigenvalue weighted by Crippen LogP contribution is 2.10. The molecule has 70 valence electrons. The van der Waals surface area contributed by atoms with Crippen LogP contribution in [0.3, 0.4) is 0 Å². The van der Waals surface area contributed by atoms with Crippen LogP contribution in [0.5, 0.6) is 0 Å². The highest BCUT2D eigenvalue weighted by molar-refractivity contribution is 6.30. The van der Waals surface area contributed by atoms with Crippen LogP contribution in [-0.4, -0.2) is 12.9 Å². The third kappa shape index (κ3) is 3.05. The number of nitrogens with zero attached hydrogens (tertiary/aromatic N) is 1. The number of hydrazine groups is 1. The number of hydrogen-bond acceptors (Lipinski definition) is 2. The van der Waals surface area contributed by atoms with E-state index in [0.717, 1.165) is 16.4 Å². The number of rotatable bonds is 2. The second kappa shape index (κ2) is 4.84. The van der Waals surface area contributed by atoms with Crippen molar-refractivity contribution in [3.8, 4) is 0 Å². The molecular formula is C9H12ClN3. The monoisotopic (exact) mass is 197 g/mol. The minimum absolute atomic E-state index is 0.674. The molecule has 3 nitrogen and oxygen atoms in total. The molecule has 4 heteroatoms. The van der Waals surface area contributed by atoms with Gasteiger partial charge < -0.3 is 5.43 Å². The molecule has 0 saturated heterocycles. The summed E-state index contributed by atoms with van der Waals surface area (Å²) in [6.45, 7) is 0. The van der Waals surface area contributed by atoms with Crippen LogP contribution in [0.4, 0.5) is 0 Å². The van der Waals surface area contributed by atoms with Gasteiger partial charge in [0.15, 0.2) is 0 Å². The van der Waals surface area contributed by atoms with Gasteiger partial charge in [0, 0.05) is 18.5 Å². The molecule has 13 heavy (non-hydrogen) atoms. The van der Waals surface area contributed by atoms with E-state index in [0.29, 0.717) is 6.42 Å². The van der Waals surface area contributed by atoms with Gasteiger partial charge in [-0.25, -0.2) is 5.84 Å². The van der Waals surface area contributed by atoms with Crippen molar-refractivity contribution >= 4 is 17.4 Å². The molecule has 0 radical (unpaired) electrons. The first kappa shape index (κ1) is 10.0. The fraction of sp³-hybridized carbons (Fsp3) is 0.222. The summed E-state index contributed by atoms with van der Waals surface area (Å²) in [4.78, 5) is 3.97. The van der Waals surface area contributed by atoms with Crippen LogP contribution in [0.15, 0.2) is 29.3 Å². The molecule has 1 rings (SSSR count). The molecule has 3 N–H and O–H groups in total. The van der Waals surface area contributed by atoms with E-state index in [-0.39, 0.29) is 0 Å². The van der Waals surface area contributed by atoms with Crippen LogP contribution < -0.4 is 11.3 Å². The van der Waals surface area contributed by atoms with E-state index in [4.69, 9.17) is 17.4 Å². The first-order chi connectivity index (χ1) is 6.26. The maximum Gasteiger partial charge on any atom is 0.114 e. The summed E-state index contributed by atoms with van der Waals surface area (Å²) in [5.74, 6) is 5.99. The van der Waals surface area contributed by atoms with Crippen molar-refractivity contribution in [1.29, 1.82) is 0 Å². The van der Waals surface area contributed by atoms with Crippen molar-refractivity contribution in [1.82, 2.24) is 5.43 Å². The average Bonchev–Trinajstić information content (AvgIpc) is 2.14. The molecule has 0 bridgehead atoms. The van der Waals surface area contributed by atoms with Gasteiger partial charge in [0.25, 0.3) is 0 Å². The standard InChI is InChI=1S/C9H12ClN3/c1-12-9(13-11)6-7-3-2-4-8(10)5-7/h2-5H,6,11H2,1H3,(H,12,13). The SMILES string of the molecule is CN=C(Cc1cccc(Cl)c1)NN. The fourth-order valence-corrected chi connectivity index (χ4v) is 1.25. The number of amidine groups is 1. The zero-order chi connectivity index (χ0) is 9.68. The topological polar surface area (TPSA) is 50.4 Å². The summed E-state index contributed by atoms with van der Waals surface area (Å²) in [5, 5.41) is 0.727. The van der Waals surface area contributed by atoms with Gasteiger partial charge in [0.05, 0.1) is 0 Å². The Morgan fingerprint density at radius 3 is 2.92 bits per heavy atom. The Morgan fingerprint density at radius 2 is 2.38 bits per heavy atom. The fourth-order valence-electron chi connectivity index (χ4n) is 1.03. The van der Waals surface area contributed by atoms with Gasteiger partial charge in [0.1, 0.15) is 5.84 Å². The van der Waals surface area contributed by atoms with E-state index in [2.05, 4.69) is 10.4 Å². The molecule has 0 amide bonds. The number of halogens is 1. The number of benzene rings is 1. The van der Waals surface area contributed by atoms with Crippen molar-refractivity contribution in [3.05, 3.63) is 34.9 Å². The van der Waals surface area contributed by atoms with Crippen molar-refractivity contribution in [2.45, 2.75) is 6.42 Å². The number of nitrogens with two attached hydrogens (primary N) is 1. The lowest BCUT2D eigenvalue weighted by Gasteiger charge is -2.04. The summed E-state index contributed by atoms with van der Waals surface area (Å²) in [6.07, 6.45) is 0.674. The van der Waals surface area contributed by atoms with Gasteiger partial charge in [-0.1, -0.05) is 23.7 Å². The maximum absolute atomic E-state index is 5.82. The molecule has 0 aliphatic rings. The zero-order valence-corrected chi connectivity index (χ0v) is 8.17. The summed E-state index contributed by atoms with van der Waals surface area (Å²) < 4.78 is 0. The summed E-state index contributed by atoms with van der Waals surface area (Å²) >= 11 is 5.82. The first-order valence-electron chi connectivity index (χ1n) is 3.93. The molecule has 0 aliphatic heterocycles. The smallest absolute Gasteiger partial charge is 0.114 e.